The average Bonchev–Trinajstić information content (AvgIpc) is 3.71. The summed E-state index contributed by atoms with van der Waals surface area (Å²) in [4.78, 5) is 3.64. The Bertz CT molecular complexity index is 3190. The summed E-state index contributed by atoms with van der Waals surface area (Å²) < 4.78 is 0. The molecule has 0 atom stereocenters. The largest absolute Gasteiger partial charge is 0.238 e. The zero-order valence-electron chi connectivity index (χ0n) is 33.1. The minimum atomic E-state index is -0.241. The number of nitriles is 1. The van der Waals surface area contributed by atoms with Crippen LogP contribution in [-0.4, -0.2) is 0 Å². The van der Waals surface area contributed by atoms with Crippen molar-refractivity contribution in [3.8, 4) is 61.7 Å². The minimum Gasteiger partial charge on any atom is -0.238 e. The lowest BCUT2D eigenvalue weighted by Gasteiger charge is -2.31. The Morgan fingerprint density at radius 3 is 1.46 bits per heavy atom. The van der Waals surface area contributed by atoms with E-state index in [0.717, 1.165) is 11.1 Å². The lowest BCUT2D eigenvalue weighted by atomic mass is 9.72. The third-order valence-electron chi connectivity index (χ3n) is 13.9. The van der Waals surface area contributed by atoms with Crippen molar-refractivity contribution in [3.63, 3.8) is 0 Å². The standard InChI is InChI=1S/C55H40N2/c1-53(2)46-28-43-39-24-25-40-49-37-14-10-8-12-35(37)42(32-18-16-31(30-56)17-19-32)27-48(49)55(5,6)52(40)51(39)54(3,4)45(43)29-44(46)50-38-15-11-9-13-36(38)41(26-47(50)53)33-20-22-34(57-7)23-21-33/h8-29H,1-6H3. The van der Waals surface area contributed by atoms with Crippen LogP contribution in [0, 0.1) is 17.9 Å². The summed E-state index contributed by atoms with van der Waals surface area (Å²) >= 11 is 0. The molecule has 0 amide bonds. The van der Waals surface area contributed by atoms with E-state index in [9.17, 15) is 5.26 Å². The van der Waals surface area contributed by atoms with Gasteiger partial charge in [0.2, 0.25) is 0 Å². The van der Waals surface area contributed by atoms with Crippen molar-refractivity contribution in [2.24, 2.45) is 0 Å². The molecule has 8 aromatic carbocycles. The predicted octanol–water partition coefficient (Wildman–Crippen LogP) is 14.7. The van der Waals surface area contributed by atoms with Crippen molar-refractivity contribution in [3.05, 3.63) is 184 Å². The van der Waals surface area contributed by atoms with Gasteiger partial charge in [-0.3, -0.25) is 0 Å². The molecule has 0 radical (unpaired) electrons. The molecule has 0 aliphatic heterocycles. The maximum atomic E-state index is 9.52. The molecule has 0 saturated heterocycles. The Morgan fingerprint density at radius 2 is 0.877 bits per heavy atom. The second-order valence-corrected chi connectivity index (χ2v) is 17.9. The average molecular weight is 729 g/mol. The molecule has 0 saturated carbocycles. The van der Waals surface area contributed by atoms with Gasteiger partial charge >= 0.3 is 0 Å². The van der Waals surface area contributed by atoms with Crippen LogP contribution in [0.4, 0.5) is 5.69 Å². The fourth-order valence-corrected chi connectivity index (χ4v) is 11.0. The van der Waals surface area contributed by atoms with E-state index in [1.54, 1.807) is 0 Å². The first kappa shape index (κ1) is 33.6. The summed E-state index contributed by atoms with van der Waals surface area (Å²) in [5.74, 6) is 0. The second-order valence-electron chi connectivity index (χ2n) is 17.9. The molecule has 11 rings (SSSR count). The highest BCUT2D eigenvalue weighted by Crippen LogP contribution is 2.63. The Hall–Kier alpha value is -6.74. The van der Waals surface area contributed by atoms with E-state index in [2.05, 4.69) is 162 Å². The molecule has 3 aliphatic rings. The van der Waals surface area contributed by atoms with Gasteiger partial charge in [0.05, 0.1) is 18.2 Å². The summed E-state index contributed by atoms with van der Waals surface area (Å²) in [5.41, 5.74) is 21.8. The van der Waals surface area contributed by atoms with Crippen molar-refractivity contribution in [1.82, 2.24) is 0 Å². The SMILES string of the molecule is [C-]#[N+]c1ccc(-c2cc3c(c4ccccc24)-c2cc4c(cc2C3(C)C)-c2ccc3c(c2C4(C)C)C(C)(C)c2cc(-c4ccc(C#N)cc4)c4ccccc4c2-3)cc1. The molecule has 3 aliphatic carbocycles. The number of nitrogens with zero attached hydrogens (tertiary/aromatic N) is 2. The molecule has 270 valence electrons. The summed E-state index contributed by atoms with van der Waals surface area (Å²) in [5, 5.41) is 14.5. The van der Waals surface area contributed by atoms with Crippen LogP contribution in [0.15, 0.2) is 133 Å². The van der Waals surface area contributed by atoms with E-state index in [-0.39, 0.29) is 16.2 Å². The third kappa shape index (κ3) is 4.28. The zero-order valence-corrected chi connectivity index (χ0v) is 33.1. The van der Waals surface area contributed by atoms with Crippen molar-refractivity contribution < 1.29 is 0 Å². The minimum absolute atomic E-state index is 0.213. The van der Waals surface area contributed by atoms with Gasteiger partial charge in [-0.1, -0.05) is 139 Å². The van der Waals surface area contributed by atoms with Gasteiger partial charge in [0, 0.05) is 16.2 Å². The molecule has 2 nitrogen and oxygen atoms in total. The Labute approximate surface area is 334 Å². The lowest BCUT2D eigenvalue weighted by Crippen LogP contribution is -2.24. The van der Waals surface area contributed by atoms with Gasteiger partial charge in [-0.25, -0.2) is 4.85 Å². The molecule has 8 aromatic rings. The smallest absolute Gasteiger partial charge is 0.187 e. The number of hydrogen-bond donors (Lipinski definition) is 0. The molecular weight excluding hydrogens is 689 g/mol. The van der Waals surface area contributed by atoms with Crippen LogP contribution in [0.5, 0.6) is 0 Å². The molecule has 0 bridgehead atoms. The van der Waals surface area contributed by atoms with Crippen LogP contribution < -0.4 is 0 Å². The Morgan fingerprint density at radius 1 is 0.439 bits per heavy atom. The summed E-state index contributed by atoms with van der Waals surface area (Å²) in [6.07, 6.45) is 0. The highest BCUT2D eigenvalue weighted by atomic mass is 14.6. The number of rotatable bonds is 2. The van der Waals surface area contributed by atoms with Crippen LogP contribution in [0.3, 0.4) is 0 Å². The first-order chi connectivity index (χ1) is 27.4. The van der Waals surface area contributed by atoms with E-state index >= 15 is 0 Å². The molecule has 0 N–H and O–H groups in total. The second kappa shape index (κ2) is 11.2. The fourth-order valence-electron chi connectivity index (χ4n) is 11.0. The van der Waals surface area contributed by atoms with Crippen LogP contribution in [0.2, 0.25) is 0 Å². The molecule has 0 fully saturated rings. The van der Waals surface area contributed by atoms with Gasteiger partial charge in [-0.15, -0.1) is 0 Å². The number of benzene rings is 8. The molecule has 0 heterocycles. The highest BCUT2D eigenvalue weighted by Gasteiger charge is 2.48. The Balaban J connectivity index is 1.11. The maximum absolute atomic E-state index is 9.52. The molecular formula is C55H40N2. The molecule has 0 unspecified atom stereocenters. The molecule has 57 heavy (non-hydrogen) atoms. The third-order valence-corrected chi connectivity index (χ3v) is 13.9. The van der Waals surface area contributed by atoms with Gasteiger partial charge in [0.1, 0.15) is 0 Å². The quantitative estimate of drug-likeness (QED) is 0.163. The van der Waals surface area contributed by atoms with Gasteiger partial charge in [0.25, 0.3) is 0 Å². The maximum Gasteiger partial charge on any atom is 0.187 e. The lowest BCUT2D eigenvalue weighted by molar-refractivity contribution is 0.601. The topological polar surface area (TPSA) is 28.1 Å². The van der Waals surface area contributed by atoms with Crippen molar-refractivity contribution in [2.75, 3.05) is 0 Å². The fraction of sp³-hybridized carbons (Fsp3) is 0.164. The summed E-state index contributed by atoms with van der Waals surface area (Å²) in [6, 6.07) is 50.9. The monoisotopic (exact) mass is 728 g/mol. The van der Waals surface area contributed by atoms with Gasteiger partial charge in [-0.05, 0) is 147 Å². The van der Waals surface area contributed by atoms with Gasteiger partial charge in [-0.2, -0.15) is 5.26 Å². The summed E-state index contributed by atoms with van der Waals surface area (Å²) in [6.45, 7) is 22.0. The van der Waals surface area contributed by atoms with E-state index in [1.165, 1.54) is 99.4 Å². The van der Waals surface area contributed by atoms with E-state index in [0.29, 0.717) is 11.3 Å². The first-order valence-electron chi connectivity index (χ1n) is 19.9. The first-order valence-corrected chi connectivity index (χ1v) is 19.9. The van der Waals surface area contributed by atoms with E-state index in [4.69, 9.17) is 6.57 Å². The van der Waals surface area contributed by atoms with Crippen molar-refractivity contribution in [1.29, 1.82) is 5.26 Å². The van der Waals surface area contributed by atoms with Crippen LogP contribution in [0.1, 0.15) is 80.5 Å². The van der Waals surface area contributed by atoms with Crippen molar-refractivity contribution in [2.45, 2.75) is 57.8 Å². The highest BCUT2D eigenvalue weighted by molar-refractivity contribution is 6.12. The summed E-state index contributed by atoms with van der Waals surface area (Å²) in [7, 11) is 0. The molecule has 0 spiro atoms. The molecule has 2 heteroatoms. The van der Waals surface area contributed by atoms with Crippen LogP contribution >= 0.6 is 0 Å². The number of hydrogen-bond acceptors (Lipinski definition) is 1. The Kier molecular flexibility index (Phi) is 6.59. The van der Waals surface area contributed by atoms with Gasteiger partial charge < -0.3 is 0 Å². The normalized spacial score (nSPS) is 15.6. The van der Waals surface area contributed by atoms with E-state index in [1.807, 2.05) is 24.3 Å². The van der Waals surface area contributed by atoms with Gasteiger partial charge in [0.15, 0.2) is 5.69 Å². The zero-order chi connectivity index (χ0) is 39.2. The number of fused-ring (bicyclic) bond motifs is 14. The van der Waals surface area contributed by atoms with Crippen LogP contribution in [-0.2, 0) is 16.2 Å². The van der Waals surface area contributed by atoms with Crippen LogP contribution in [0.25, 0.3) is 82.0 Å². The molecule has 0 aromatic heterocycles. The predicted molar refractivity (Wildman–Crippen MR) is 236 cm³/mol. The van der Waals surface area contributed by atoms with Crippen molar-refractivity contribution >= 4 is 27.2 Å². The van der Waals surface area contributed by atoms with E-state index < -0.39 is 0 Å².